The summed E-state index contributed by atoms with van der Waals surface area (Å²) in [7, 11) is 0. The average molecular weight is 250 g/mol. The summed E-state index contributed by atoms with van der Waals surface area (Å²) >= 11 is 0. The highest BCUT2D eigenvalue weighted by atomic mass is 16.3. The Balaban J connectivity index is 2.54. The van der Waals surface area contributed by atoms with E-state index < -0.39 is 12.1 Å². The number of nitrogens with two attached hydrogens (primary N) is 1. The van der Waals surface area contributed by atoms with Gasteiger partial charge in [0.15, 0.2) is 5.78 Å². The van der Waals surface area contributed by atoms with E-state index >= 15 is 0 Å². The van der Waals surface area contributed by atoms with Crippen molar-refractivity contribution in [2.45, 2.75) is 32.4 Å². The molecule has 0 saturated heterocycles. The molecule has 0 spiro atoms. The van der Waals surface area contributed by atoms with Gasteiger partial charge in [0.25, 0.3) is 0 Å². The van der Waals surface area contributed by atoms with Crippen LogP contribution in [0.3, 0.4) is 0 Å². The maximum absolute atomic E-state index is 11.7. The van der Waals surface area contributed by atoms with Crippen molar-refractivity contribution < 1.29 is 14.7 Å². The molecule has 1 rings (SSSR count). The number of nitrogens with one attached hydrogen (secondary N) is 1. The molecule has 1 aromatic carbocycles. The van der Waals surface area contributed by atoms with Crippen molar-refractivity contribution in [3.05, 3.63) is 29.8 Å². The van der Waals surface area contributed by atoms with Crippen LogP contribution in [-0.2, 0) is 16.0 Å². The van der Waals surface area contributed by atoms with Crippen molar-refractivity contribution in [3.8, 4) is 5.75 Å². The molecule has 0 bridgehead atoms. The number of hydrogen-bond acceptors (Lipinski definition) is 4. The van der Waals surface area contributed by atoms with Gasteiger partial charge in [-0.05, 0) is 38.0 Å². The van der Waals surface area contributed by atoms with Crippen molar-refractivity contribution in [1.82, 2.24) is 5.32 Å². The van der Waals surface area contributed by atoms with Gasteiger partial charge in [-0.15, -0.1) is 0 Å². The third-order valence-electron chi connectivity index (χ3n) is 2.70. The topological polar surface area (TPSA) is 92.4 Å². The highest BCUT2D eigenvalue weighted by molar-refractivity contribution is 5.89. The number of rotatable bonds is 5. The second kappa shape index (κ2) is 6.16. The number of carbonyl (C=O) groups excluding carboxylic acids is 2. The summed E-state index contributed by atoms with van der Waals surface area (Å²) in [6.07, 6.45) is 0.358. The van der Waals surface area contributed by atoms with Gasteiger partial charge < -0.3 is 16.2 Å². The van der Waals surface area contributed by atoms with Gasteiger partial charge in [0, 0.05) is 0 Å². The molecule has 0 aromatic heterocycles. The van der Waals surface area contributed by atoms with Crippen LogP contribution < -0.4 is 11.1 Å². The largest absolute Gasteiger partial charge is 0.508 e. The van der Waals surface area contributed by atoms with E-state index in [9.17, 15) is 9.59 Å². The molecule has 0 radical (unpaired) electrons. The van der Waals surface area contributed by atoms with Crippen molar-refractivity contribution in [2.24, 2.45) is 5.73 Å². The lowest BCUT2D eigenvalue weighted by atomic mass is 10.1. The van der Waals surface area contributed by atoms with Crippen molar-refractivity contribution in [1.29, 1.82) is 0 Å². The maximum Gasteiger partial charge on any atom is 0.237 e. The number of aromatic hydroxyl groups is 1. The average Bonchev–Trinajstić information content (AvgIpc) is 2.31. The normalized spacial score (nSPS) is 13.7. The SMILES string of the molecule is CC(=O)[C@@H](C)NC(=O)C(N)Cc1ccc(O)cc1. The van der Waals surface area contributed by atoms with Gasteiger partial charge in [-0.25, -0.2) is 0 Å². The Morgan fingerprint density at radius 2 is 1.89 bits per heavy atom. The van der Waals surface area contributed by atoms with Crippen LogP contribution in [0.15, 0.2) is 24.3 Å². The Bertz CT molecular complexity index is 428. The lowest BCUT2D eigenvalue weighted by molar-refractivity contribution is -0.127. The van der Waals surface area contributed by atoms with E-state index in [4.69, 9.17) is 10.8 Å². The lowest BCUT2D eigenvalue weighted by Crippen LogP contribution is -2.47. The lowest BCUT2D eigenvalue weighted by Gasteiger charge is -2.15. The first-order valence-corrected chi connectivity index (χ1v) is 5.74. The second-order valence-electron chi connectivity index (χ2n) is 4.32. The minimum absolute atomic E-state index is 0.111. The zero-order valence-electron chi connectivity index (χ0n) is 10.5. The third kappa shape index (κ3) is 4.18. The molecule has 0 saturated carbocycles. The highest BCUT2D eigenvalue weighted by Gasteiger charge is 2.17. The van der Waals surface area contributed by atoms with Gasteiger partial charge in [-0.3, -0.25) is 9.59 Å². The monoisotopic (exact) mass is 250 g/mol. The standard InChI is InChI=1S/C13H18N2O3/c1-8(9(2)16)15-13(18)12(14)7-10-3-5-11(17)6-4-10/h3-6,8,12,17H,7,14H2,1-2H3,(H,15,18)/t8-,12?/m1/s1. The molecule has 98 valence electrons. The molecule has 0 aliphatic rings. The van der Waals surface area contributed by atoms with E-state index in [0.29, 0.717) is 6.42 Å². The van der Waals surface area contributed by atoms with Crippen LogP contribution in [0.1, 0.15) is 19.4 Å². The maximum atomic E-state index is 11.7. The molecule has 2 atom stereocenters. The molecule has 18 heavy (non-hydrogen) atoms. The first-order valence-electron chi connectivity index (χ1n) is 5.74. The first-order chi connectivity index (χ1) is 8.40. The van der Waals surface area contributed by atoms with E-state index in [2.05, 4.69) is 5.32 Å². The zero-order valence-corrected chi connectivity index (χ0v) is 10.5. The molecule has 5 heteroatoms. The van der Waals surface area contributed by atoms with Gasteiger partial charge >= 0.3 is 0 Å². The van der Waals surface area contributed by atoms with Crippen LogP contribution in [-0.4, -0.2) is 28.9 Å². The number of phenols is 1. The molecular formula is C13H18N2O3. The van der Waals surface area contributed by atoms with E-state index in [0.717, 1.165) is 5.56 Å². The van der Waals surface area contributed by atoms with Crippen molar-refractivity contribution in [2.75, 3.05) is 0 Å². The van der Waals surface area contributed by atoms with E-state index in [1.54, 1.807) is 19.1 Å². The van der Waals surface area contributed by atoms with E-state index in [1.807, 2.05) is 0 Å². The minimum atomic E-state index is -0.712. The fraction of sp³-hybridized carbons (Fsp3) is 0.385. The number of carbonyl (C=O) groups is 2. The van der Waals surface area contributed by atoms with Gasteiger partial charge in [-0.1, -0.05) is 12.1 Å². The smallest absolute Gasteiger partial charge is 0.237 e. The Kier molecular flexibility index (Phi) is 4.85. The molecule has 0 heterocycles. The zero-order chi connectivity index (χ0) is 13.7. The van der Waals surface area contributed by atoms with Gasteiger partial charge in [0.05, 0.1) is 12.1 Å². The quantitative estimate of drug-likeness (QED) is 0.703. The van der Waals surface area contributed by atoms with Gasteiger partial charge in [-0.2, -0.15) is 0 Å². The summed E-state index contributed by atoms with van der Waals surface area (Å²) in [6.45, 7) is 3.03. The van der Waals surface area contributed by atoms with Crippen molar-refractivity contribution >= 4 is 11.7 Å². The fourth-order valence-corrected chi connectivity index (χ4v) is 1.40. The molecule has 0 fully saturated rings. The molecule has 0 aliphatic heterocycles. The van der Waals surface area contributed by atoms with Gasteiger partial charge in [0.1, 0.15) is 5.75 Å². The van der Waals surface area contributed by atoms with Gasteiger partial charge in [0.2, 0.25) is 5.91 Å². The number of ketones is 1. The molecular weight excluding hydrogens is 232 g/mol. The van der Waals surface area contributed by atoms with Crippen molar-refractivity contribution in [3.63, 3.8) is 0 Å². The predicted molar refractivity (Wildman–Crippen MR) is 68.1 cm³/mol. The number of amides is 1. The first kappa shape index (κ1) is 14.2. The van der Waals surface area contributed by atoms with Crippen LogP contribution in [0.2, 0.25) is 0 Å². The number of benzene rings is 1. The predicted octanol–water partition coefficient (Wildman–Crippen LogP) is 0.356. The molecule has 1 amide bonds. The molecule has 4 N–H and O–H groups in total. The third-order valence-corrected chi connectivity index (χ3v) is 2.70. The summed E-state index contributed by atoms with van der Waals surface area (Å²) in [6, 6.07) is 5.25. The minimum Gasteiger partial charge on any atom is -0.508 e. The number of phenolic OH excluding ortho intramolecular Hbond substituents is 1. The molecule has 1 aromatic rings. The van der Waals surface area contributed by atoms with Crippen LogP contribution in [0, 0.1) is 0 Å². The molecule has 5 nitrogen and oxygen atoms in total. The summed E-state index contributed by atoms with van der Waals surface area (Å²) in [4.78, 5) is 22.7. The molecule has 0 aliphatic carbocycles. The second-order valence-corrected chi connectivity index (χ2v) is 4.32. The summed E-state index contributed by atoms with van der Waals surface area (Å²) in [5, 5.41) is 11.7. The fourth-order valence-electron chi connectivity index (χ4n) is 1.40. The number of hydrogen-bond donors (Lipinski definition) is 3. The van der Waals surface area contributed by atoms with E-state index in [1.165, 1.54) is 19.1 Å². The van der Waals surface area contributed by atoms with E-state index in [-0.39, 0.29) is 17.4 Å². The highest BCUT2D eigenvalue weighted by Crippen LogP contribution is 2.10. The summed E-state index contributed by atoms with van der Waals surface area (Å²) in [5.41, 5.74) is 6.60. The molecule has 1 unspecified atom stereocenters. The van der Waals surface area contributed by atoms with Crippen LogP contribution in [0.4, 0.5) is 0 Å². The Morgan fingerprint density at radius 1 is 1.33 bits per heavy atom. The number of Topliss-reactive ketones (excluding diaryl/α,β-unsaturated/α-hetero) is 1. The summed E-state index contributed by atoms with van der Waals surface area (Å²) in [5.74, 6) is -0.298. The summed E-state index contributed by atoms with van der Waals surface area (Å²) < 4.78 is 0. The Labute approximate surface area is 106 Å². The Morgan fingerprint density at radius 3 is 2.39 bits per heavy atom. The Hall–Kier alpha value is -1.88. The van der Waals surface area contributed by atoms with Crippen LogP contribution in [0.5, 0.6) is 5.75 Å². The van der Waals surface area contributed by atoms with Crippen LogP contribution in [0.25, 0.3) is 0 Å². The van der Waals surface area contributed by atoms with Crippen LogP contribution >= 0.6 is 0 Å².